The Hall–Kier alpha value is -1.91. The van der Waals surface area contributed by atoms with Crippen LogP contribution in [-0.2, 0) is 16.1 Å². The van der Waals surface area contributed by atoms with Gasteiger partial charge in [0.1, 0.15) is 5.78 Å². The van der Waals surface area contributed by atoms with Gasteiger partial charge in [-0.25, -0.2) is 0 Å². The third-order valence-corrected chi connectivity index (χ3v) is 5.31. The van der Waals surface area contributed by atoms with Crippen molar-refractivity contribution < 1.29 is 9.59 Å². The summed E-state index contributed by atoms with van der Waals surface area (Å²) in [5, 5.41) is 0. The molecule has 0 aromatic carbocycles. The average Bonchev–Trinajstić information content (AvgIpc) is 2.54. The number of hydrogen-bond acceptors (Lipinski definition) is 3. The third-order valence-electron chi connectivity index (χ3n) is 5.31. The van der Waals surface area contributed by atoms with Crippen LogP contribution < -0.4 is 5.56 Å². The van der Waals surface area contributed by atoms with Crippen molar-refractivity contribution in [3.05, 3.63) is 34.2 Å². The fourth-order valence-electron chi connectivity index (χ4n) is 4.34. The van der Waals surface area contributed by atoms with E-state index in [9.17, 15) is 14.4 Å². The molecule has 0 spiro atoms. The highest BCUT2D eigenvalue weighted by molar-refractivity contribution is 5.85. The van der Waals surface area contributed by atoms with Gasteiger partial charge in [0.05, 0.1) is 0 Å². The van der Waals surface area contributed by atoms with E-state index in [2.05, 4.69) is 0 Å². The average molecular weight is 330 g/mol. The molecule has 3 rings (SSSR count). The number of nitrogens with zero attached hydrogens (tertiary/aromatic N) is 2. The highest BCUT2D eigenvalue weighted by atomic mass is 16.2. The molecule has 0 aliphatic carbocycles. The number of piperidine rings is 1. The quantitative estimate of drug-likeness (QED) is 0.831. The van der Waals surface area contributed by atoms with E-state index in [1.165, 1.54) is 0 Å². The molecule has 0 unspecified atom stereocenters. The molecule has 1 amide bonds. The molecule has 2 aliphatic rings. The Morgan fingerprint density at radius 1 is 1.25 bits per heavy atom. The molecule has 2 aliphatic heterocycles. The highest BCUT2D eigenvalue weighted by Crippen LogP contribution is 2.35. The highest BCUT2D eigenvalue weighted by Gasteiger charge is 2.37. The molecule has 5 nitrogen and oxygen atoms in total. The Bertz CT molecular complexity index is 694. The van der Waals surface area contributed by atoms with Crippen LogP contribution in [0.1, 0.15) is 51.1 Å². The van der Waals surface area contributed by atoms with E-state index >= 15 is 0 Å². The fraction of sp³-hybridized carbons (Fsp3) is 0.632. The maximum absolute atomic E-state index is 12.9. The summed E-state index contributed by atoms with van der Waals surface area (Å²) in [7, 11) is 0. The molecule has 2 bridgehead atoms. The second-order valence-corrected chi connectivity index (χ2v) is 7.33. The van der Waals surface area contributed by atoms with Gasteiger partial charge in [-0.2, -0.15) is 0 Å². The summed E-state index contributed by atoms with van der Waals surface area (Å²) in [6.07, 6.45) is 3.05. The molecule has 0 saturated carbocycles. The van der Waals surface area contributed by atoms with Crippen molar-refractivity contribution in [2.75, 3.05) is 13.1 Å². The normalized spacial score (nSPS) is 23.5. The van der Waals surface area contributed by atoms with Crippen LogP contribution in [0.25, 0.3) is 0 Å². The Morgan fingerprint density at radius 2 is 2.04 bits per heavy atom. The number of amides is 1. The minimum atomic E-state index is -0.190. The number of carbonyl (C=O) groups excluding carboxylic acids is 2. The first-order chi connectivity index (χ1) is 11.5. The first-order valence-electron chi connectivity index (χ1n) is 8.97. The van der Waals surface area contributed by atoms with Crippen LogP contribution in [0.5, 0.6) is 0 Å². The zero-order chi connectivity index (χ0) is 17.3. The van der Waals surface area contributed by atoms with Crippen LogP contribution in [0.3, 0.4) is 0 Å². The molecule has 1 fully saturated rings. The van der Waals surface area contributed by atoms with Gasteiger partial charge in [0.15, 0.2) is 0 Å². The van der Waals surface area contributed by atoms with Crippen molar-refractivity contribution in [3.8, 4) is 0 Å². The van der Waals surface area contributed by atoms with Crippen molar-refractivity contribution in [3.63, 3.8) is 0 Å². The lowest BCUT2D eigenvalue weighted by Crippen LogP contribution is -2.50. The summed E-state index contributed by atoms with van der Waals surface area (Å²) in [5.41, 5.74) is 1.11. The summed E-state index contributed by atoms with van der Waals surface area (Å²) in [4.78, 5) is 38.5. The molecule has 1 aromatic rings. The summed E-state index contributed by atoms with van der Waals surface area (Å²) in [6.45, 7) is 5.67. The zero-order valence-corrected chi connectivity index (χ0v) is 14.5. The number of likely N-dealkylation sites (tertiary alicyclic amines) is 1. The Kier molecular flexibility index (Phi) is 4.88. The van der Waals surface area contributed by atoms with Gasteiger partial charge in [-0.05, 0) is 31.7 Å². The SMILES string of the molecule is CCC[C@@H](CC(C)=O)C(=O)N1C[C@@H]2C[C@H](C1)c1cccc(=O)n1C2. The van der Waals surface area contributed by atoms with Crippen LogP contribution in [0.2, 0.25) is 0 Å². The number of rotatable bonds is 5. The van der Waals surface area contributed by atoms with E-state index in [0.29, 0.717) is 32.0 Å². The number of pyridine rings is 1. The van der Waals surface area contributed by atoms with E-state index in [1.807, 2.05) is 28.5 Å². The molecule has 5 heteroatoms. The predicted molar refractivity (Wildman–Crippen MR) is 91.8 cm³/mol. The summed E-state index contributed by atoms with van der Waals surface area (Å²) < 4.78 is 1.87. The van der Waals surface area contributed by atoms with Crippen LogP contribution in [-0.4, -0.2) is 34.2 Å². The van der Waals surface area contributed by atoms with Gasteiger partial charge >= 0.3 is 0 Å². The molecule has 1 saturated heterocycles. The lowest BCUT2D eigenvalue weighted by Gasteiger charge is -2.43. The Labute approximate surface area is 142 Å². The Morgan fingerprint density at radius 3 is 2.75 bits per heavy atom. The molecule has 3 heterocycles. The molecule has 130 valence electrons. The second-order valence-electron chi connectivity index (χ2n) is 7.33. The monoisotopic (exact) mass is 330 g/mol. The van der Waals surface area contributed by atoms with E-state index in [1.54, 1.807) is 13.0 Å². The fourth-order valence-corrected chi connectivity index (χ4v) is 4.34. The van der Waals surface area contributed by atoms with Crippen LogP contribution in [0, 0.1) is 11.8 Å². The standard InChI is InChI=1S/C19H26N2O3/c1-3-5-15(8-13(2)22)19(24)20-10-14-9-16(12-20)17-6-4-7-18(23)21(17)11-14/h4,6-7,14-16H,3,5,8-12H2,1-2H3/t14-,15-,16+/m0/s1. The molecular weight excluding hydrogens is 304 g/mol. The number of ketones is 1. The number of aromatic nitrogens is 1. The van der Waals surface area contributed by atoms with Crippen molar-refractivity contribution in [2.24, 2.45) is 11.8 Å². The van der Waals surface area contributed by atoms with E-state index in [0.717, 1.165) is 25.0 Å². The van der Waals surface area contributed by atoms with E-state index in [4.69, 9.17) is 0 Å². The zero-order valence-electron chi connectivity index (χ0n) is 14.5. The van der Waals surface area contributed by atoms with Crippen LogP contribution in [0.4, 0.5) is 0 Å². The third kappa shape index (κ3) is 3.30. The van der Waals surface area contributed by atoms with Gasteiger partial charge < -0.3 is 14.3 Å². The van der Waals surface area contributed by atoms with Crippen molar-refractivity contribution >= 4 is 11.7 Å². The number of Topliss-reactive ketones (excluding diaryl/α,β-unsaturated/α-hetero) is 1. The first-order valence-corrected chi connectivity index (χ1v) is 8.97. The summed E-state index contributed by atoms with van der Waals surface area (Å²) in [6, 6.07) is 5.43. The smallest absolute Gasteiger partial charge is 0.250 e. The second kappa shape index (κ2) is 6.91. The molecule has 3 atom stereocenters. The Balaban J connectivity index is 1.79. The molecular formula is C19H26N2O3. The van der Waals surface area contributed by atoms with Gasteiger partial charge in [-0.3, -0.25) is 9.59 Å². The largest absolute Gasteiger partial charge is 0.341 e. The maximum atomic E-state index is 12.9. The van der Waals surface area contributed by atoms with Gasteiger partial charge in [0.25, 0.3) is 5.56 Å². The molecule has 24 heavy (non-hydrogen) atoms. The number of fused-ring (bicyclic) bond motifs is 4. The minimum Gasteiger partial charge on any atom is -0.341 e. The van der Waals surface area contributed by atoms with Gasteiger partial charge in [0, 0.05) is 49.7 Å². The molecule has 1 aromatic heterocycles. The van der Waals surface area contributed by atoms with Crippen molar-refractivity contribution in [1.29, 1.82) is 0 Å². The van der Waals surface area contributed by atoms with E-state index in [-0.39, 0.29) is 29.1 Å². The molecule has 0 radical (unpaired) electrons. The van der Waals surface area contributed by atoms with E-state index < -0.39 is 0 Å². The number of hydrogen-bond donors (Lipinski definition) is 0. The first kappa shape index (κ1) is 16.9. The lowest BCUT2D eigenvalue weighted by molar-refractivity contribution is -0.140. The van der Waals surface area contributed by atoms with Crippen LogP contribution in [0.15, 0.2) is 23.0 Å². The van der Waals surface area contributed by atoms with Gasteiger partial charge in [0.2, 0.25) is 5.91 Å². The minimum absolute atomic E-state index is 0.0578. The van der Waals surface area contributed by atoms with Gasteiger partial charge in [-0.1, -0.05) is 19.4 Å². The topological polar surface area (TPSA) is 59.4 Å². The van der Waals surface area contributed by atoms with Gasteiger partial charge in [-0.15, -0.1) is 0 Å². The predicted octanol–water partition coefficient (Wildman–Crippen LogP) is 2.19. The number of carbonyl (C=O) groups is 2. The summed E-state index contributed by atoms with van der Waals surface area (Å²) in [5.74, 6) is 0.573. The summed E-state index contributed by atoms with van der Waals surface area (Å²) >= 11 is 0. The maximum Gasteiger partial charge on any atom is 0.250 e. The van der Waals surface area contributed by atoms with Crippen molar-refractivity contribution in [2.45, 2.75) is 52.0 Å². The van der Waals surface area contributed by atoms with Crippen molar-refractivity contribution in [1.82, 2.24) is 9.47 Å². The van der Waals surface area contributed by atoms with Crippen LogP contribution >= 0.6 is 0 Å². The molecule has 0 N–H and O–H groups in total. The lowest BCUT2D eigenvalue weighted by atomic mass is 9.82.